The maximum Gasteiger partial charge on any atom is 0.263 e. The first-order chi connectivity index (χ1) is 14.5. The van der Waals surface area contributed by atoms with Crippen molar-refractivity contribution in [3.63, 3.8) is 0 Å². The molecule has 0 radical (unpaired) electrons. The van der Waals surface area contributed by atoms with Crippen molar-refractivity contribution in [1.82, 2.24) is 9.55 Å². The first-order valence-electron chi connectivity index (χ1n) is 9.60. The quantitative estimate of drug-likeness (QED) is 0.498. The minimum atomic E-state index is -0.299. The molecule has 0 aliphatic carbocycles. The molecular formula is C23H21N3O3S. The molecule has 0 bridgehead atoms. The van der Waals surface area contributed by atoms with Crippen molar-refractivity contribution in [2.75, 3.05) is 5.32 Å². The van der Waals surface area contributed by atoms with Crippen LogP contribution >= 0.6 is 11.3 Å². The molecule has 4 rings (SSSR count). The van der Waals surface area contributed by atoms with Crippen molar-refractivity contribution < 1.29 is 9.53 Å². The number of carbonyl (C=O) groups is 1. The molecule has 6 nitrogen and oxygen atoms in total. The van der Waals surface area contributed by atoms with Crippen molar-refractivity contribution in [3.05, 3.63) is 76.7 Å². The molecule has 1 amide bonds. The molecule has 0 fully saturated rings. The first-order valence-corrected chi connectivity index (χ1v) is 10.5. The summed E-state index contributed by atoms with van der Waals surface area (Å²) >= 11 is 1.42. The molecule has 0 aliphatic heterocycles. The van der Waals surface area contributed by atoms with Crippen molar-refractivity contribution in [1.29, 1.82) is 0 Å². The van der Waals surface area contributed by atoms with E-state index in [1.54, 1.807) is 24.3 Å². The maximum atomic E-state index is 13.1. The number of nitrogens with zero attached hydrogens (tertiary/aromatic N) is 2. The van der Waals surface area contributed by atoms with Crippen molar-refractivity contribution in [2.24, 2.45) is 0 Å². The molecule has 2 aromatic carbocycles. The van der Waals surface area contributed by atoms with E-state index < -0.39 is 0 Å². The van der Waals surface area contributed by atoms with E-state index in [1.165, 1.54) is 22.2 Å². The summed E-state index contributed by atoms with van der Waals surface area (Å²) in [5, 5.41) is 5.28. The van der Waals surface area contributed by atoms with Gasteiger partial charge >= 0.3 is 0 Å². The summed E-state index contributed by atoms with van der Waals surface area (Å²) in [6.45, 7) is 3.79. The molecule has 0 saturated heterocycles. The topological polar surface area (TPSA) is 73.2 Å². The molecule has 152 valence electrons. The van der Waals surface area contributed by atoms with Crippen LogP contribution < -0.4 is 15.6 Å². The van der Waals surface area contributed by atoms with Gasteiger partial charge in [0, 0.05) is 16.6 Å². The van der Waals surface area contributed by atoms with Gasteiger partial charge in [0.15, 0.2) is 0 Å². The van der Waals surface area contributed by atoms with Crippen molar-refractivity contribution >= 4 is 33.1 Å². The molecule has 0 atom stereocenters. The fourth-order valence-corrected chi connectivity index (χ4v) is 4.06. The average molecular weight is 420 g/mol. The van der Waals surface area contributed by atoms with E-state index in [4.69, 9.17) is 4.74 Å². The van der Waals surface area contributed by atoms with Crippen LogP contribution in [0.4, 0.5) is 5.69 Å². The lowest BCUT2D eigenvalue weighted by Crippen LogP contribution is -2.27. The number of fused-ring (bicyclic) bond motifs is 1. The van der Waals surface area contributed by atoms with Gasteiger partial charge in [-0.2, -0.15) is 0 Å². The molecule has 0 spiro atoms. The van der Waals surface area contributed by atoms with Gasteiger partial charge in [0.2, 0.25) is 5.91 Å². The molecule has 7 heteroatoms. The van der Waals surface area contributed by atoms with E-state index in [0.717, 1.165) is 16.9 Å². The summed E-state index contributed by atoms with van der Waals surface area (Å²) in [5.74, 6) is 0.437. The van der Waals surface area contributed by atoms with Crippen LogP contribution in [-0.2, 0) is 11.3 Å². The second-order valence-corrected chi connectivity index (χ2v) is 7.97. The standard InChI is InChI=1S/C23H21N3O3S/c1-15(2)29-18-10-8-17(9-11-18)25-20(27)12-26-14-24-22-21(23(26)28)19(13-30-22)16-6-4-3-5-7-16/h3-11,13-15H,12H2,1-2H3,(H,25,27). The van der Waals surface area contributed by atoms with Crippen molar-refractivity contribution in [2.45, 2.75) is 26.5 Å². The van der Waals surface area contributed by atoms with Gasteiger partial charge in [-0.3, -0.25) is 14.2 Å². The highest BCUT2D eigenvalue weighted by molar-refractivity contribution is 7.17. The predicted molar refractivity (Wildman–Crippen MR) is 120 cm³/mol. The second kappa shape index (κ2) is 8.51. The summed E-state index contributed by atoms with van der Waals surface area (Å²) < 4.78 is 6.94. The minimum Gasteiger partial charge on any atom is -0.491 e. The summed E-state index contributed by atoms with van der Waals surface area (Å²) in [7, 11) is 0. The third kappa shape index (κ3) is 4.26. The maximum absolute atomic E-state index is 13.1. The Labute approximate surface area is 177 Å². The fraction of sp³-hybridized carbons (Fsp3) is 0.174. The lowest BCUT2D eigenvalue weighted by atomic mass is 10.1. The van der Waals surface area contributed by atoms with Crippen LogP contribution in [0, 0.1) is 0 Å². The number of thiophene rings is 1. The second-order valence-electron chi connectivity index (χ2n) is 7.11. The third-order valence-corrected chi connectivity index (χ3v) is 5.36. The Morgan fingerprint density at radius 2 is 1.87 bits per heavy atom. The molecule has 2 heterocycles. The Kier molecular flexibility index (Phi) is 5.63. The van der Waals surface area contributed by atoms with Crippen molar-refractivity contribution in [3.8, 4) is 16.9 Å². The van der Waals surface area contributed by atoms with Gasteiger partial charge in [-0.15, -0.1) is 11.3 Å². The van der Waals surface area contributed by atoms with Gasteiger partial charge in [0.05, 0.1) is 17.8 Å². The highest BCUT2D eigenvalue weighted by Gasteiger charge is 2.14. The molecule has 0 saturated carbocycles. The van der Waals surface area contributed by atoms with Gasteiger partial charge in [0.25, 0.3) is 5.56 Å². The highest BCUT2D eigenvalue weighted by atomic mass is 32.1. The van der Waals surface area contributed by atoms with Crippen LogP contribution in [0.5, 0.6) is 5.75 Å². The molecule has 0 aliphatic rings. The normalized spacial score (nSPS) is 11.0. The zero-order valence-electron chi connectivity index (χ0n) is 16.7. The zero-order chi connectivity index (χ0) is 21.1. The number of hydrogen-bond acceptors (Lipinski definition) is 5. The van der Waals surface area contributed by atoms with Crippen LogP contribution in [-0.4, -0.2) is 21.6 Å². The number of aromatic nitrogens is 2. The summed E-state index contributed by atoms with van der Waals surface area (Å²) in [6, 6.07) is 16.8. The van der Waals surface area contributed by atoms with E-state index in [-0.39, 0.29) is 24.1 Å². The van der Waals surface area contributed by atoms with E-state index >= 15 is 0 Å². The highest BCUT2D eigenvalue weighted by Crippen LogP contribution is 2.30. The van der Waals surface area contributed by atoms with E-state index in [2.05, 4.69) is 10.3 Å². The smallest absolute Gasteiger partial charge is 0.263 e. The molecule has 1 N–H and O–H groups in total. The number of nitrogens with one attached hydrogen (secondary N) is 1. The SMILES string of the molecule is CC(C)Oc1ccc(NC(=O)Cn2cnc3scc(-c4ccccc4)c3c2=O)cc1. The number of amides is 1. The Morgan fingerprint density at radius 3 is 2.57 bits per heavy atom. The summed E-state index contributed by atoms with van der Waals surface area (Å²) in [4.78, 5) is 30.6. The Morgan fingerprint density at radius 1 is 1.13 bits per heavy atom. The fourth-order valence-electron chi connectivity index (χ4n) is 3.15. The molecule has 4 aromatic rings. The number of anilines is 1. The first kappa shape index (κ1) is 19.8. The number of benzene rings is 2. The van der Waals surface area contributed by atoms with Crippen LogP contribution in [0.1, 0.15) is 13.8 Å². The largest absolute Gasteiger partial charge is 0.491 e. The Balaban J connectivity index is 1.54. The Bertz CT molecular complexity index is 1230. The van der Waals surface area contributed by atoms with E-state index in [9.17, 15) is 9.59 Å². The molecule has 0 unspecified atom stereocenters. The molecule has 30 heavy (non-hydrogen) atoms. The van der Waals surface area contributed by atoms with Gasteiger partial charge in [-0.05, 0) is 43.7 Å². The van der Waals surface area contributed by atoms with Crippen LogP contribution in [0.2, 0.25) is 0 Å². The van der Waals surface area contributed by atoms with Gasteiger partial charge in [-0.1, -0.05) is 30.3 Å². The van der Waals surface area contributed by atoms with Gasteiger partial charge in [0.1, 0.15) is 17.1 Å². The zero-order valence-corrected chi connectivity index (χ0v) is 17.5. The van der Waals surface area contributed by atoms with Crippen LogP contribution in [0.15, 0.2) is 71.1 Å². The number of carbonyl (C=O) groups excluding carboxylic acids is 1. The van der Waals surface area contributed by atoms with Crippen LogP contribution in [0.25, 0.3) is 21.3 Å². The summed E-state index contributed by atoms with van der Waals surface area (Å²) in [5.41, 5.74) is 2.20. The number of hydrogen-bond donors (Lipinski definition) is 1. The lowest BCUT2D eigenvalue weighted by molar-refractivity contribution is -0.116. The monoisotopic (exact) mass is 419 g/mol. The predicted octanol–water partition coefficient (Wildman–Crippen LogP) is 4.55. The Hall–Kier alpha value is -3.45. The van der Waals surface area contributed by atoms with Gasteiger partial charge in [-0.25, -0.2) is 4.98 Å². The summed E-state index contributed by atoms with van der Waals surface area (Å²) in [6.07, 6.45) is 1.51. The van der Waals surface area contributed by atoms with E-state index in [1.807, 2.05) is 49.6 Å². The average Bonchev–Trinajstić information content (AvgIpc) is 3.17. The lowest BCUT2D eigenvalue weighted by Gasteiger charge is -2.11. The van der Waals surface area contributed by atoms with E-state index in [0.29, 0.717) is 15.9 Å². The molecular weight excluding hydrogens is 398 g/mol. The minimum absolute atomic E-state index is 0.0811. The van der Waals surface area contributed by atoms with Gasteiger partial charge < -0.3 is 10.1 Å². The third-order valence-electron chi connectivity index (χ3n) is 4.47. The molecule has 2 aromatic heterocycles. The number of rotatable bonds is 6. The van der Waals surface area contributed by atoms with Crippen LogP contribution in [0.3, 0.4) is 0 Å². The number of ether oxygens (including phenoxy) is 1.